The maximum absolute atomic E-state index is 13.5. The van der Waals surface area contributed by atoms with Gasteiger partial charge in [0, 0.05) is 6.92 Å². The minimum Gasteiger partial charge on any atom is -0.480 e. The van der Waals surface area contributed by atoms with E-state index in [1.54, 1.807) is 0 Å². The maximum Gasteiger partial charge on any atom is 0.322 e. The molecular weight excluding hydrogens is 242 g/mol. The number of carbonyl (C=O) groups excluding carboxylic acids is 2. The summed E-state index contributed by atoms with van der Waals surface area (Å²) in [4.78, 5) is 32.8. The number of aliphatic carboxylic acids is 1. The molecule has 0 saturated carbocycles. The Kier molecular flexibility index (Phi) is 4.36. The van der Waals surface area contributed by atoms with Crippen LogP contribution in [0.2, 0.25) is 0 Å². The van der Waals surface area contributed by atoms with Gasteiger partial charge in [0.15, 0.2) is 0 Å². The van der Waals surface area contributed by atoms with E-state index in [1.807, 2.05) is 5.32 Å². The largest absolute Gasteiger partial charge is 0.480 e. The highest BCUT2D eigenvalue weighted by molar-refractivity contribution is 6.04. The van der Waals surface area contributed by atoms with Crippen LogP contribution in [0, 0.1) is 5.82 Å². The number of carboxylic acids is 1. The lowest BCUT2D eigenvalue weighted by Crippen LogP contribution is -2.30. The van der Waals surface area contributed by atoms with Crippen LogP contribution in [0.4, 0.5) is 10.1 Å². The summed E-state index contributed by atoms with van der Waals surface area (Å²) >= 11 is 0. The van der Waals surface area contributed by atoms with Crippen molar-refractivity contribution in [3.05, 3.63) is 29.6 Å². The lowest BCUT2D eigenvalue weighted by atomic mass is 10.1. The summed E-state index contributed by atoms with van der Waals surface area (Å²) in [5.41, 5.74) is -0.403. The van der Waals surface area contributed by atoms with Gasteiger partial charge in [0.2, 0.25) is 5.91 Å². The average Bonchev–Trinajstić information content (AvgIpc) is 2.25. The predicted molar refractivity (Wildman–Crippen MR) is 60.7 cm³/mol. The Bertz CT molecular complexity index is 502. The van der Waals surface area contributed by atoms with E-state index in [-0.39, 0.29) is 5.69 Å². The second kappa shape index (κ2) is 5.76. The SMILES string of the molecule is CC(=O)Nc1cccc([18F])c1C(=O)NCC(=O)O. The van der Waals surface area contributed by atoms with Gasteiger partial charge in [-0.15, -0.1) is 0 Å². The van der Waals surface area contributed by atoms with Gasteiger partial charge >= 0.3 is 5.97 Å². The zero-order valence-corrected chi connectivity index (χ0v) is 9.49. The average molecular weight is 253 g/mol. The van der Waals surface area contributed by atoms with E-state index in [9.17, 15) is 18.8 Å². The van der Waals surface area contributed by atoms with Crippen molar-refractivity contribution < 1.29 is 23.9 Å². The highest BCUT2D eigenvalue weighted by Gasteiger charge is 2.17. The molecule has 0 bridgehead atoms. The molecule has 0 fully saturated rings. The van der Waals surface area contributed by atoms with Gasteiger partial charge in [-0.25, -0.2) is 4.39 Å². The van der Waals surface area contributed by atoms with Crippen molar-refractivity contribution >= 4 is 23.5 Å². The van der Waals surface area contributed by atoms with E-state index in [0.29, 0.717) is 0 Å². The fourth-order valence-electron chi connectivity index (χ4n) is 1.29. The van der Waals surface area contributed by atoms with Gasteiger partial charge in [0.25, 0.3) is 5.91 Å². The summed E-state index contributed by atoms with van der Waals surface area (Å²) in [5.74, 6) is -3.46. The lowest BCUT2D eigenvalue weighted by molar-refractivity contribution is -0.135. The summed E-state index contributed by atoms with van der Waals surface area (Å²) in [5, 5.41) is 12.7. The maximum atomic E-state index is 13.5. The van der Waals surface area contributed by atoms with Crippen LogP contribution in [0.5, 0.6) is 0 Å². The van der Waals surface area contributed by atoms with Crippen molar-refractivity contribution in [2.24, 2.45) is 0 Å². The van der Waals surface area contributed by atoms with E-state index >= 15 is 0 Å². The Labute approximate surface area is 102 Å². The topological polar surface area (TPSA) is 95.5 Å². The summed E-state index contributed by atoms with van der Waals surface area (Å²) in [6.45, 7) is 0.580. The molecule has 0 aliphatic carbocycles. The first kappa shape index (κ1) is 13.6. The van der Waals surface area contributed by atoms with Gasteiger partial charge in [0.05, 0.1) is 11.3 Å². The molecule has 2 amide bonds. The summed E-state index contributed by atoms with van der Waals surface area (Å²) in [7, 11) is 0. The van der Waals surface area contributed by atoms with Gasteiger partial charge in [0.1, 0.15) is 12.4 Å². The van der Waals surface area contributed by atoms with Crippen LogP contribution in [-0.2, 0) is 9.59 Å². The Hall–Kier alpha value is -2.44. The molecule has 0 spiro atoms. The lowest BCUT2D eigenvalue weighted by Gasteiger charge is -2.10. The molecule has 3 N–H and O–H groups in total. The quantitative estimate of drug-likeness (QED) is 0.732. The number of rotatable bonds is 4. The highest BCUT2D eigenvalue weighted by Crippen LogP contribution is 2.18. The first-order valence-corrected chi connectivity index (χ1v) is 4.98. The van der Waals surface area contributed by atoms with Crippen molar-refractivity contribution in [2.45, 2.75) is 6.92 Å². The third-order valence-electron chi connectivity index (χ3n) is 1.95. The molecule has 1 rings (SSSR count). The van der Waals surface area contributed by atoms with Gasteiger partial charge < -0.3 is 15.7 Å². The van der Waals surface area contributed by atoms with Crippen molar-refractivity contribution in [1.82, 2.24) is 5.32 Å². The van der Waals surface area contributed by atoms with Crippen LogP contribution in [0.1, 0.15) is 17.3 Å². The van der Waals surface area contributed by atoms with Crippen LogP contribution in [0.15, 0.2) is 18.2 Å². The first-order valence-electron chi connectivity index (χ1n) is 4.98. The van der Waals surface area contributed by atoms with Crippen molar-refractivity contribution in [3.63, 3.8) is 0 Å². The predicted octanol–water partition coefficient (Wildman–Crippen LogP) is 0.598. The molecule has 0 heterocycles. The minimum absolute atomic E-state index is 0.00890. The Morgan fingerprint density at radius 3 is 2.56 bits per heavy atom. The van der Waals surface area contributed by atoms with Gasteiger partial charge in [-0.2, -0.15) is 0 Å². The van der Waals surface area contributed by atoms with E-state index in [0.717, 1.165) is 6.07 Å². The number of benzene rings is 1. The van der Waals surface area contributed by atoms with Gasteiger partial charge in [-0.1, -0.05) is 6.07 Å². The molecule has 96 valence electrons. The smallest absolute Gasteiger partial charge is 0.322 e. The monoisotopic (exact) mass is 253 g/mol. The van der Waals surface area contributed by atoms with Gasteiger partial charge in [-0.3, -0.25) is 14.4 Å². The Morgan fingerprint density at radius 1 is 1.33 bits per heavy atom. The number of carbonyl (C=O) groups is 3. The number of nitrogens with one attached hydrogen (secondary N) is 2. The van der Waals surface area contributed by atoms with Crippen LogP contribution in [-0.4, -0.2) is 29.4 Å². The van der Waals surface area contributed by atoms with E-state index < -0.39 is 35.7 Å². The standard InChI is InChI=1S/C11H11FN2O4/c1-6(15)14-8-4-2-3-7(12)10(8)11(18)13-5-9(16)17/h2-4H,5H2,1H3,(H,13,18)(H,14,15)(H,16,17)/i12-1. The van der Waals surface area contributed by atoms with Crippen molar-refractivity contribution in [1.29, 1.82) is 0 Å². The summed E-state index contributed by atoms with van der Waals surface area (Å²) in [6, 6.07) is 3.72. The molecule has 1 aromatic carbocycles. The van der Waals surface area contributed by atoms with Crippen LogP contribution < -0.4 is 10.6 Å². The number of anilines is 1. The zero-order valence-electron chi connectivity index (χ0n) is 9.49. The van der Waals surface area contributed by atoms with E-state index in [2.05, 4.69) is 5.32 Å². The second-order valence-electron chi connectivity index (χ2n) is 3.42. The highest BCUT2D eigenvalue weighted by atomic mass is 18.2. The number of hydrogen-bond donors (Lipinski definition) is 3. The zero-order chi connectivity index (χ0) is 13.7. The number of amides is 2. The van der Waals surface area contributed by atoms with Crippen LogP contribution in [0.25, 0.3) is 0 Å². The minimum atomic E-state index is -1.25. The van der Waals surface area contributed by atoms with Crippen molar-refractivity contribution in [2.75, 3.05) is 11.9 Å². The fraction of sp³-hybridized carbons (Fsp3) is 0.182. The molecule has 1 aromatic rings. The second-order valence-corrected chi connectivity index (χ2v) is 3.42. The molecule has 0 atom stereocenters. The molecule has 7 heteroatoms. The normalized spacial score (nSPS) is 9.67. The molecule has 18 heavy (non-hydrogen) atoms. The molecule has 6 nitrogen and oxygen atoms in total. The molecular formula is C11H11FN2O4. The summed E-state index contributed by atoms with van der Waals surface area (Å²) < 4.78 is 13.5. The van der Waals surface area contributed by atoms with Crippen LogP contribution in [0.3, 0.4) is 0 Å². The molecule has 0 radical (unpaired) electrons. The van der Waals surface area contributed by atoms with E-state index in [1.165, 1.54) is 19.1 Å². The van der Waals surface area contributed by atoms with Gasteiger partial charge in [-0.05, 0) is 12.1 Å². The number of halogens is 1. The fourth-order valence-corrected chi connectivity index (χ4v) is 1.29. The summed E-state index contributed by atoms with van der Waals surface area (Å²) in [6.07, 6.45) is 0. The molecule has 0 aliphatic rings. The molecule has 0 aliphatic heterocycles. The third kappa shape index (κ3) is 3.55. The van der Waals surface area contributed by atoms with E-state index in [4.69, 9.17) is 5.11 Å². The molecule has 0 saturated heterocycles. The first-order chi connectivity index (χ1) is 8.41. The number of hydrogen-bond acceptors (Lipinski definition) is 3. The number of carboxylic acid groups (broad SMARTS) is 1. The van der Waals surface area contributed by atoms with Crippen molar-refractivity contribution in [3.8, 4) is 0 Å². The third-order valence-corrected chi connectivity index (χ3v) is 1.95. The molecule has 0 unspecified atom stereocenters. The Morgan fingerprint density at radius 2 is 2.00 bits per heavy atom. The Balaban J connectivity index is 3.01. The van der Waals surface area contributed by atoms with Crippen LogP contribution >= 0.6 is 0 Å². The molecule has 0 aromatic heterocycles.